The van der Waals surface area contributed by atoms with Gasteiger partial charge in [-0.3, -0.25) is 9.48 Å². The summed E-state index contributed by atoms with van der Waals surface area (Å²) in [6, 6.07) is 7.86. The van der Waals surface area contributed by atoms with Gasteiger partial charge in [0.15, 0.2) is 0 Å². The number of benzene rings is 1. The van der Waals surface area contributed by atoms with E-state index in [4.69, 9.17) is 0 Å². The first-order valence-corrected chi connectivity index (χ1v) is 6.25. The van der Waals surface area contributed by atoms with Gasteiger partial charge in [-0.05, 0) is 36.8 Å². The Morgan fingerprint density at radius 2 is 2.10 bits per heavy atom. The summed E-state index contributed by atoms with van der Waals surface area (Å²) in [7, 11) is 1.86. The van der Waals surface area contributed by atoms with Crippen LogP contribution in [0.4, 0.5) is 4.39 Å². The van der Waals surface area contributed by atoms with Crippen molar-refractivity contribution >= 4 is 12.0 Å². The largest absolute Gasteiger partial charge is 0.347 e. The van der Waals surface area contributed by atoms with Crippen LogP contribution in [0.2, 0.25) is 0 Å². The lowest BCUT2D eigenvalue weighted by Gasteiger charge is -1.98. The number of amides is 1. The molecule has 0 unspecified atom stereocenters. The number of hydrogen-bond donors (Lipinski definition) is 1. The van der Waals surface area contributed by atoms with Crippen molar-refractivity contribution < 1.29 is 9.18 Å². The minimum absolute atomic E-state index is 0.211. The predicted octanol–water partition coefficient (Wildman–Crippen LogP) is 2.20. The zero-order chi connectivity index (χ0) is 14.5. The van der Waals surface area contributed by atoms with Gasteiger partial charge in [0, 0.05) is 18.8 Å². The lowest BCUT2D eigenvalue weighted by Crippen LogP contribution is -2.20. The topological polar surface area (TPSA) is 46.9 Å². The molecule has 0 fully saturated rings. The smallest absolute Gasteiger partial charge is 0.244 e. The summed E-state index contributed by atoms with van der Waals surface area (Å²) in [6.07, 6.45) is 3.06. The Morgan fingerprint density at radius 1 is 1.40 bits per heavy atom. The number of nitrogens with one attached hydrogen (secondary N) is 1. The molecule has 1 N–H and O–H groups in total. The van der Waals surface area contributed by atoms with Crippen molar-refractivity contribution in [2.24, 2.45) is 7.05 Å². The Kier molecular flexibility index (Phi) is 4.30. The summed E-state index contributed by atoms with van der Waals surface area (Å²) in [6.45, 7) is 2.33. The molecule has 1 aromatic carbocycles. The van der Waals surface area contributed by atoms with E-state index in [1.807, 2.05) is 20.0 Å². The van der Waals surface area contributed by atoms with Gasteiger partial charge in [0.2, 0.25) is 5.91 Å². The fourth-order valence-corrected chi connectivity index (χ4v) is 1.70. The Morgan fingerprint density at radius 3 is 2.70 bits per heavy atom. The first kappa shape index (κ1) is 14.0. The number of carbonyl (C=O) groups is 1. The number of nitrogens with zero attached hydrogens (tertiary/aromatic N) is 2. The van der Waals surface area contributed by atoms with E-state index in [2.05, 4.69) is 10.4 Å². The number of aromatic nitrogens is 2. The van der Waals surface area contributed by atoms with E-state index >= 15 is 0 Å². The molecule has 0 aliphatic heterocycles. The van der Waals surface area contributed by atoms with Crippen LogP contribution in [-0.2, 0) is 18.4 Å². The molecule has 20 heavy (non-hydrogen) atoms. The SMILES string of the molecule is Cc1cc(CNC(=O)/C=C/c2ccc(F)cc2)nn1C. The Hall–Kier alpha value is -2.43. The van der Waals surface area contributed by atoms with Crippen molar-refractivity contribution in [2.75, 3.05) is 0 Å². The van der Waals surface area contributed by atoms with Gasteiger partial charge in [0.05, 0.1) is 12.2 Å². The highest BCUT2D eigenvalue weighted by atomic mass is 19.1. The third-order valence-electron chi connectivity index (χ3n) is 2.91. The molecule has 1 heterocycles. The Labute approximate surface area is 116 Å². The maximum absolute atomic E-state index is 12.7. The molecule has 0 saturated carbocycles. The van der Waals surface area contributed by atoms with Crippen molar-refractivity contribution in [1.29, 1.82) is 0 Å². The van der Waals surface area contributed by atoms with Crippen LogP contribution in [0.1, 0.15) is 17.0 Å². The van der Waals surface area contributed by atoms with E-state index in [1.54, 1.807) is 22.9 Å². The molecule has 0 bridgehead atoms. The molecule has 104 valence electrons. The molecule has 2 aromatic rings. The van der Waals surface area contributed by atoms with Gasteiger partial charge in [-0.15, -0.1) is 0 Å². The summed E-state index contributed by atoms with van der Waals surface area (Å²) < 4.78 is 14.5. The molecular weight excluding hydrogens is 257 g/mol. The molecule has 0 atom stereocenters. The first-order valence-electron chi connectivity index (χ1n) is 6.25. The number of hydrogen-bond acceptors (Lipinski definition) is 2. The fraction of sp³-hybridized carbons (Fsp3) is 0.200. The average molecular weight is 273 g/mol. The van der Waals surface area contributed by atoms with Crippen LogP contribution in [0.3, 0.4) is 0 Å². The van der Waals surface area contributed by atoms with Crippen molar-refractivity contribution in [1.82, 2.24) is 15.1 Å². The van der Waals surface area contributed by atoms with E-state index in [9.17, 15) is 9.18 Å². The summed E-state index contributed by atoms with van der Waals surface area (Å²) in [5.41, 5.74) is 2.62. The summed E-state index contributed by atoms with van der Waals surface area (Å²) in [4.78, 5) is 11.6. The normalized spacial score (nSPS) is 10.9. The molecule has 1 aromatic heterocycles. The molecule has 0 radical (unpaired) electrons. The molecular formula is C15H16FN3O. The summed E-state index contributed by atoms with van der Waals surface area (Å²) >= 11 is 0. The zero-order valence-electron chi connectivity index (χ0n) is 11.4. The van der Waals surface area contributed by atoms with Crippen LogP contribution in [0.15, 0.2) is 36.4 Å². The van der Waals surface area contributed by atoms with Crippen molar-refractivity contribution in [3.63, 3.8) is 0 Å². The molecule has 2 rings (SSSR count). The first-order chi connectivity index (χ1) is 9.54. The quantitative estimate of drug-likeness (QED) is 0.868. The number of rotatable bonds is 4. The van der Waals surface area contributed by atoms with Crippen LogP contribution in [0, 0.1) is 12.7 Å². The monoisotopic (exact) mass is 273 g/mol. The molecule has 0 aliphatic carbocycles. The maximum Gasteiger partial charge on any atom is 0.244 e. The molecule has 0 spiro atoms. The lowest BCUT2D eigenvalue weighted by atomic mass is 10.2. The highest BCUT2D eigenvalue weighted by molar-refractivity contribution is 5.91. The van der Waals surface area contributed by atoms with E-state index in [1.165, 1.54) is 18.2 Å². The van der Waals surface area contributed by atoms with Gasteiger partial charge in [-0.1, -0.05) is 12.1 Å². The minimum atomic E-state index is -0.294. The Bertz CT molecular complexity index is 610. The second-order valence-electron chi connectivity index (χ2n) is 4.50. The standard InChI is InChI=1S/C15H16FN3O/c1-11-9-14(18-19(11)2)10-17-15(20)8-5-12-3-6-13(16)7-4-12/h3-9H,10H2,1-2H3,(H,17,20)/b8-5+. The molecule has 5 heteroatoms. The van der Waals surface area contributed by atoms with Crippen LogP contribution in [-0.4, -0.2) is 15.7 Å². The Balaban J connectivity index is 1.87. The van der Waals surface area contributed by atoms with Crippen LogP contribution in [0.5, 0.6) is 0 Å². The lowest BCUT2D eigenvalue weighted by molar-refractivity contribution is -0.116. The third-order valence-corrected chi connectivity index (χ3v) is 2.91. The van der Waals surface area contributed by atoms with Crippen LogP contribution >= 0.6 is 0 Å². The summed E-state index contributed by atoms with van der Waals surface area (Å²) in [5.74, 6) is -0.505. The third kappa shape index (κ3) is 3.78. The number of halogens is 1. The van der Waals surface area contributed by atoms with Gasteiger partial charge < -0.3 is 5.32 Å². The van der Waals surface area contributed by atoms with Gasteiger partial charge >= 0.3 is 0 Å². The second kappa shape index (κ2) is 6.14. The maximum atomic E-state index is 12.7. The fourth-order valence-electron chi connectivity index (χ4n) is 1.70. The van der Waals surface area contributed by atoms with Crippen LogP contribution < -0.4 is 5.32 Å². The van der Waals surface area contributed by atoms with E-state index in [0.29, 0.717) is 6.54 Å². The molecule has 1 amide bonds. The minimum Gasteiger partial charge on any atom is -0.347 e. The molecule has 4 nitrogen and oxygen atoms in total. The predicted molar refractivity (Wildman–Crippen MR) is 75.2 cm³/mol. The van der Waals surface area contributed by atoms with Crippen molar-refractivity contribution in [3.8, 4) is 0 Å². The molecule has 0 aliphatic rings. The van der Waals surface area contributed by atoms with Crippen LogP contribution in [0.25, 0.3) is 6.08 Å². The molecule has 0 saturated heterocycles. The van der Waals surface area contributed by atoms with Crippen molar-refractivity contribution in [3.05, 3.63) is 59.2 Å². The second-order valence-corrected chi connectivity index (χ2v) is 4.50. The number of aryl methyl sites for hydroxylation is 2. The van der Waals surface area contributed by atoms with Crippen molar-refractivity contribution in [2.45, 2.75) is 13.5 Å². The van der Waals surface area contributed by atoms with E-state index < -0.39 is 0 Å². The average Bonchev–Trinajstić information content (AvgIpc) is 2.75. The highest BCUT2D eigenvalue weighted by Crippen LogP contribution is 2.04. The van der Waals surface area contributed by atoms with Gasteiger partial charge in [0.1, 0.15) is 5.82 Å². The van der Waals surface area contributed by atoms with E-state index in [0.717, 1.165) is 17.0 Å². The summed E-state index contributed by atoms with van der Waals surface area (Å²) in [5, 5.41) is 6.99. The zero-order valence-corrected chi connectivity index (χ0v) is 11.4. The van der Waals surface area contributed by atoms with Gasteiger partial charge in [0.25, 0.3) is 0 Å². The van der Waals surface area contributed by atoms with Gasteiger partial charge in [-0.2, -0.15) is 5.10 Å². The van der Waals surface area contributed by atoms with Gasteiger partial charge in [-0.25, -0.2) is 4.39 Å². The highest BCUT2D eigenvalue weighted by Gasteiger charge is 2.02. The number of carbonyl (C=O) groups excluding carboxylic acids is 1. The van der Waals surface area contributed by atoms with E-state index in [-0.39, 0.29) is 11.7 Å².